The molecule has 4 rings (SSSR count). The first kappa shape index (κ1) is 22.1. The molecule has 0 fully saturated rings. The normalized spacial score (nSPS) is 11.8. The van der Waals surface area contributed by atoms with Gasteiger partial charge in [0.25, 0.3) is 0 Å². The van der Waals surface area contributed by atoms with Crippen molar-refractivity contribution < 1.29 is 23.6 Å². The van der Waals surface area contributed by atoms with Crippen molar-refractivity contribution in [2.24, 2.45) is 0 Å². The summed E-state index contributed by atoms with van der Waals surface area (Å²) in [6.45, 7) is 4.83. The Balaban J connectivity index is 1.25. The number of carbonyl (C=O) groups is 2. The fourth-order valence-electron chi connectivity index (χ4n) is 3.16. The molecule has 10 nitrogen and oxygen atoms in total. The number of rotatable bonds is 7. The van der Waals surface area contributed by atoms with E-state index in [1.807, 2.05) is 38.1 Å². The molecule has 0 saturated heterocycles. The monoisotopic (exact) mass is 451 g/mol. The van der Waals surface area contributed by atoms with Crippen LogP contribution in [-0.4, -0.2) is 47.4 Å². The minimum Gasteiger partial charge on any atom is -0.454 e. The number of ether oxygens (including phenoxy) is 2. The Labute approximate surface area is 190 Å². The van der Waals surface area contributed by atoms with Crippen LogP contribution >= 0.6 is 0 Å². The number of benzene rings is 2. The number of aromatic nitrogens is 2. The van der Waals surface area contributed by atoms with Crippen LogP contribution in [0.25, 0.3) is 0 Å². The Morgan fingerprint density at radius 1 is 1.06 bits per heavy atom. The summed E-state index contributed by atoms with van der Waals surface area (Å²) in [5.74, 6) is 1.06. The summed E-state index contributed by atoms with van der Waals surface area (Å²) in [7, 11) is 1.68. The van der Waals surface area contributed by atoms with Gasteiger partial charge < -0.3 is 29.5 Å². The van der Waals surface area contributed by atoms with E-state index in [1.54, 1.807) is 19.2 Å². The molecule has 1 aliphatic heterocycles. The molecule has 2 N–H and O–H groups in total. The third-order valence-electron chi connectivity index (χ3n) is 5.33. The van der Waals surface area contributed by atoms with E-state index >= 15 is 0 Å². The van der Waals surface area contributed by atoms with Crippen LogP contribution in [0.2, 0.25) is 0 Å². The van der Waals surface area contributed by atoms with Crippen LogP contribution in [0.3, 0.4) is 0 Å². The van der Waals surface area contributed by atoms with Crippen molar-refractivity contribution in [2.45, 2.75) is 26.8 Å². The lowest BCUT2D eigenvalue weighted by atomic mass is 10.1. The zero-order valence-electron chi connectivity index (χ0n) is 18.7. The smallest absolute Gasteiger partial charge is 0.321 e. The maximum atomic E-state index is 12.4. The molecule has 0 radical (unpaired) electrons. The summed E-state index contributed by atoms with van der Waals surface area (Å²) in [5.41, 5.74) is 3.85. The average Bonchev–Trinajstić information content (AvgIpc) is 3.47. The van der Waals surface area contributed by atoms with Gasteiger partial charge in [-0.05, 0) is 54.8 Å². The van der Waals surface area contributed by atoms with Gasteiger partial charge >= 0.3 is 17.8 Å². The third kappa shape index (κ3) is 5.40. The van der Waals surface area contributed by atoms with Crippen molar-refractivity contribution in [1.82, 2.24) is 20.4 Å². The Bertz CT molecular complexity index is 1180. The topological polar surface area (TPSA) is 119 Å². The van der Waals surface area contributed by atoms with Crippen LogP contribution in [0.4, 0.5) is 10.5 Å². The highest BCUT2D eigenvalue weighted by Crippen LogP contribution is 2.32. The fraction of sp³-hybridized carbons (Fsp3) is 0.304. The van der Waals surface area contributed by atoms with Crippen molar-refractivity contribution >= 4 is 17.6 Å². The highest BCUT2D eigenvalue weighted by molar-refractivity contribution is 5.90. The molecule has 33 heavy (non-hydrogen) atoms. The first-order valence-electron chi connectivity index (χ1n) is 10.5. The van der Waals surface area contributed by atoms with Crippen LogP contribution in [0.5, 0.6) is 11.5 Å². The summed E-state index contributed by atoms with van der Waals surface area (Å²) >= 11 is 0. The zero-order valence-corrected chi connectivity index (χ0v) is 18.7. The van der Waals surface area contributed by atoms with Crippen LogP contribution < -0.4 is 20.1 Å². The van der Waals surface area contributed by atoms with E-state index in [0.29, 0.717) is 30.3 Å². The van der Waals surface area contributed by atoms with Gasteiger partial charge in [-0.15, -0.1) is 0 Å². The van der Waals surface area contributed by atoms with Gasteiger partial charge in [0.2, 0.25) is 6.79 Å². The van der Waals surface area contributed by atoms with Crippen LogP contribution in [0, 0.1) is 13.8 Å². The van der Waals surface area contributed by atoms with Crippen LogP contribution in [0.1, 0.15) is 33.2 Å². The summed E-state index contributed by atoms with van der Waals surface area (Å²) in [6.07, 6.45) is 0.343. The molecule has 1 aromatic heterocycles. The van der Waals surface area contributed by atoms with Gasteiger partial charge in [-0.1, -0.05) is 17.3 Å². The van der Waals surface area contributed by atoms with Gasteiger partial charge in [0, 0.05) is 32.2 Å². The molecule has 10 heteroatoms. The van der Waals surface area contributed by atoms with E-state index in [9.17, 15) is 9.59 Å². The predicted molar refractivity (Wildman–Crippen MR) is 119 cm³/mol. The molecule has 0 unspecified atom stereocenters. The lowest BCUT2D eigenvalue weighted by Crippen LogP contribution is -2.33. The molecular formula is C23H25N5O5. The van der Waals surface area contributed by atoms with Crippen molar-refractivity contribution in [3.8, 4) is 11.5 Å². The molecule has 3 amide bonds. The number of nitrogens with one attached hydrogen (secondary N) is 2. The van der Waals surface area contributed by atoms with E-state index < -0.39 is 5.91 Å². The van der Waals surface area contributed by atoms with Crippen molar-refractivity contribution in [3.63, 3.8) is 0 Å². The Hall–Kier alpha value is -4.08. The molecule has 1 aliphatic rings. The van der Waals surface area contributed by atoms with E-state index in [2.05, 4.69) is 20.8 Å². The largest absolute Gasteiger partial charge is 0.454 e. The van der Waals surface area contributed by atoms with Crippen molar-refractivity contribution in [2.75, 3.05) is 25.7 Å². The van der Waals surface area contributed by atoms with E-state index in [-0.39, 0.29) is 25.3 Å². The first-order valence-corrected chi connectivity index (χ1v) is 10.5. The molecule has 3 aromatic rings. The lowest BCUT2D eigenvalue weighted by molar-refractivity contribution is 0.0907. The lowest BCUT2D eigenvalue weighted by Gasteiger charge is -2.17. The quantitative estimate of drug-likeness (QED) is 0.567. The number of hydrogen-bond donors (Lipinski definition) is 2. The molecule has 0 bridgehead atoms. The average molecular weight is 451 g/mol. The maximum Gasteiger partial charge on any atom is 0.321 e. The van der Waals surface area contributed by atoms with Gasteiger partial charge in [0.05, 0.1) is 0 Å². The first-order chi connectivity index (χ1) is 15.9. The predicted octanol–water partition coefficient (Wildman–Crippen LogP) is 3.05. The second-order valence-electron chi connectivity index (χ2n) is 7.79. The molecular weight excluding hydrogens is 426 g/mol. The summed E-state index contributed by atoms with van der Waals surface area (Å²) in [4.78, 5) is 30.4. The van der Waals surface area contributed by atoms with E-state index in [4.69, 9.17) is 14.0 Å². The number of anilines is 1. The van der Waals surface area contributed by atoms with Gasteiger partial charge in [0.15, 0.2) is 17.3 Å². The number of amides is 3. The van der Waals surface area contributed by atoms with Gasteiger partial charge in [0.1, 0.15) is 0 Å². The summed E-state index contributed by atoms with van der Waals surface area (Å²) in [6, 6.07) is 10.9. The summed E-state index contributed by atoms with van der Waals surface area (Å²) < 4.78 is 15.7. The SMILES string of the molecule is Cc1ccc(NC(=O)N(C)CCc2noc(C(=O)NCc3ccc4c(c3)OCO4)n2)cc1C. The third-order valence-corrected chi connectivity index (χ3v) is 5.33. The van der Waals surface area contributed by atoms with Crippen LogP contribution in [-0.2, 0) is 13.0 Å². The molecule has 0 spiro atoms. The Kier molecular flexibility index (Phi) is 6.43. The second kappa shape index (κ2) is 9.60. The number of aryl methyl sites for hydroxylation is 2. The Morgan fingerprint density at radius 2 is 1.88 bits per heavy atom. The van der Waals surface area contributed by atoms with E-state index in [0.717, 1.165) is 22.4 Å². The molecule has 0 saturated carbocycles. The van der Waals surface area contributed by atoms with Crippen LogP contribution in [0.15, 0.2) is 40.9 Å². The van der Waals surface area contributed by atoms with Gasteiger partial charge in [-0.2, -0.15) is 4.98 Å². The number of fused-ring (bicyclic) bond motifs is 1. The fourth-order valence-corrected chi connectivity index (χ4v) is 3.16. The Morgan fingerprint density at radius 3 is 2.70 bits per heavy atom. The number of urea groups is 1. The number of likely N-dealkylation sites (N-methyl/N-ethyl adjacent to an activating group) is 1. The zero-order chi connectivity index (χ0) is 23.4. The minimum atomic E-state index is -0.479. The molecule has 2 aromatic carbocycles. The summed E-state index contributed by atoms with van der Waals surface area (Å²) in [5, 5.41) is 9.43. The molecule has 172 valence electrons. The number of hydrogen-bond acceptors (Lipinski definition) is 7. The number of carbonyl (C=O) groups excluding carboxylic acids is 2. The highest BCUT2D eigenvalue weighted by Gasteiger charge is 2.18. The van der Waals surface area contributed by atoms with Gasteiger partial charge in [-0.3, -0.25) is 4.79 Å². The molecule has 2 heterocycles. The molecule has 0 atom stereocenters. The second-order valence-corrected chi connectivity index (χ2v) is 7.79. The standard InChI is InChI=1S/C23H25N5O5/c1-14-4-6-17(10-15(14)2)25-23(30)28(3)9-8-20-26-22(33-27-20)21(29)24-12-16-5-7-18-19(11-16)32-13-31-18/h4-7,10-11H,8-9,12-13H2,1-3H3,(H,24,29)(H,25,30). The van der Waals surface area contributed by atoms with E-state index in [1.165, 1.54) is 4.90 Å². The van der Waals surface area contributed by atoms with Crippen molar-refractivity contribution in [1.29, 1.82) is 0 Å². The van der Waals surface area contributed by atoms with Crippen molar-refractivity contribution in [3.05, 3.63) is 64.8 Å². The minimum absolute atomic E-state index is 0.132. The number of nitrogens with zero attached hydrogens (tertiary/aromatic N) is 3. The van der Waals surface area contributed by atoms with Gasteiger partial charge in [-0.25, -0.2) is 4.79 Å². The maximum absolute atomic E-state index is 12.4. The molecule has 0 aliphatic carbocycles. The highest BCUT2D eigenvalue weighted by atomic mass is 16.7.